The second kappa shape index (κ2) is 5.02. The van der Waals surface area contributed by atoms with E-state index in [9.17, 15) is 4.79 Å². The average Bonchev–Trinajstić information content (AvgIpc) is 2.66. The summed E-state index contributed by atoms with van der Waals surface area (Å²) in [6.07, 6.45) is 3.99. The molecule has 0 aromatic carbocycles. The lowest BCUT2D eigenvalue weighted by atomic mass is 10.0. The SMILES string of the molecule is CN1CCCC(N(C)C(=O)c2cc(N)cn2C)C1. The molecule has 1 atom stereocenters. The minimum Gasteiger partial charge on any atom is -0.397 e. The molecule has 1 saturated heterocycles. The van der Waals surface area contributed by atoms with E-state index in [0.29, 0.717) is 17.4 Å². The largest absolute Gasteiger partial charge is 0.397 e. The maximum absolute atomic E-state index is 12.4. The van der Waals surface area contributed by atoms with E-state index >= 15 is 0 Å². The number of aromatic nitrogens is 1. The lowest BCUT2D eigenvalue weighted by molar-refractivity contribution is 0.0634. The summed E-state index contributed by atoms with van der Waals surface area (Å²) in [5, 5.41) is 0. The van der Waals surface area contributed by atoms with Gasteiger partial charge in [-0.3, -0.25) is 4.79 Å². The number of likely N-dealkylation sites (N-methyl/N-ethyl adjacent to an activating group) is 2. The zero-order valence-corrected chi connectivity index (χ0v) is 11.4. The Bertz CT molecular complexity index is 440. The first-order valence-corrected chi connectivity index (χ1v) is 6.36. The Hall–Kier alpha value is -1.49. The number of carbonyl (C=O) groups excluding carboxylic acids is 1. The molecule has 1 fully saturated rings. The number of piperidine rings is 1. The van der Waals surface area contributed by atoms with E-state index in [0.717, 1.165) is 25.9 Å². The summed E-state index contributed by atoms with van der Waals surface area (Å²) in [5.74, 6) is 0.0505. The zero-order valence-electron chi connectivity index (χ0n) is 11.4. The maximum atomic E-state index is 12.4. The van der Waals surface area contributed by atoms with E-state index in [-0.39, 0.29) is 5.91 Å². The number of likely N-dealkylation sites (tertiary alicyclic amines) is 1. The van der Waals surface area contributed by atoms with Gasteiger partial charge in [-0.2, -0.15) is 0 Å². The van der Waals surface area contributed by atoms with Crippen LogP contribution in [0.25, 0.3) is 0 Å². The van der Waals surface area contributed by atoms with Crippen molar-refractivity contribution in [2.45, 2.75) is 18.9 Å². The van der Waals surface area contributed by atoms with Gasteiger partial charge in [0.25, 0.3) is 5.91 Å². The third-order valence-corrected chi connectivity index (χ3v) is 3.71. The van der Waals surface area contributed by atoms with Crippen LogP contribution in [0.15, 0.2) is 12.3 Å². The van der Waals surface area contributed by atoms with Gasteiger partial charge in [0.1, 0.15) is 5.69 Å². The van der Waals surface area contributed by atoms with Gasteiger partial charge >= 0.3 is 0 Å². The Morgan fingerprint density at radius 2 is 2.22 bits per heavy atom. The summed E-state index contributed by atoms with van der Waals surface area (Å²) in [4.78, 5) is 16.5. The lowest BCUT2D eigenvalue weighted by Crippen LogP contribution is -2.47. The molecule has 0 spiro atoms. The van der Waals surface area contributed by atoms with Crippen LogP contribution in [-0.4, -0.2) is 53.5 Å². The number of rotatable bonds is 2. The molecule has 2 N–H and O–H groups in total. The second-order valence-electron chi connectivity index (χ2n) is 5.24. The van der Waals surface area contributed by atoms with Gasteiger partial charge in [0.2, 0.25) is 0 Å². The number of aryl methyl sites for hydroxylation is 1. The van der Waals surface area contributed by atoms with Crippen LogP contribution < -0.4 is 5.73 Å². The van der Waals surface area contributed by atoms with E-state index in [4.69, 9.17) is 5.73 Å². The highest BCUT2D eigenvalue weighted by Gasteiger charge is 2.26. The molecule has 1 aliphatic rings. The Morgan fingerprint density at radius 3 is 2.78 bits per heavy atom. The summed E-state index contributed by atoms with van der Waals surface area (Å²) in [6, 6.07) is 2.04. The number of nitrogens with zero attached hydrogens (tertiary/aromatic N) is 3. The van der Waals surface area contributed by atoms with Crippen molar-refractivity contribution in [3.8, 4) is 0 Å². The number of nitrogen functional groups attached to an aromatic ring is 1. The monoisotopic (exact) mass is 250 g/mol. The van der Waals surface area contributed by atoms with Gasteiger partial charge in [0, 0.05) is 32.9 Å². The number of amides is 1. The highest BCUT2D eigenvalue weighted by atomic mass is 16.2. The van der Waals surface area contributed by atoms with Crippen LogP contribution in [-0.2, 0) is 7.05 Å². The van der Waals surface area contributed by atoms with Gasteiger partial charge in [-0.05, 0) is 32.5 Å². The molecule has 1 aliphatic heterocycles. The number of nitrogens with two attached hydrogens (primary N) is 1. The van der Waals surface area contributed by atoms with E-state index in [1.807, 2.05) is 19.0 Å². The van der Waals surface area contributed by atoms with Crippen LogP contribution in [0, 0.1) is 0 Å². The molecule has 0 bridgehead atoms. The minimum absolute atomic E-state index is 0.0505. The van der Waals surface area contributed by atoms with E-state index in [2.05, 4.69) is 11.9 Å². The quantitative estimate of drug-likeness (QED) is 0.843. The standard InChI is InChI=1S/C13H22N4O/c1-15-6-4-5-11(9-15)17(3)13(18)12-7-10(14)8-16(12)2/h7-8,11H,4-6,9,14H2,1-3H3. The Balaban J connectivity index is 2.11. The van der Waals surface area contributed by atoms with E-state index < -0.39 is 0 Å². The van der Waals surface area contributed by atoms with Gasteiger partial charge in [-0.15, -0.1) is 0 Å². The van der Waals surface area contributed by atoms with Crippen molar-refractivity contribution in [3.05, 3.63) is 18.0 Å². The van der Waals surface area contributed by atoms with Crippen LogP contribution in [0.2, 0.25) is 0 Å². The number of hydrogen-bond acceptors (Lipinski definition) is 3. The van der Waals surface area contributed by atoms with E-state index in [1.54, 1.807) is 16.8 Å². The molecule has 5 heteroatoms. The van der Waals surface area contributed by atoms with Crippen LogP contribution in [0.3, 0.4) is 0 Å². The topological polar surface area (TPSA) is 54.5 Å². The molecule has 1 aromatic rings. The predicted molar refractivity (Wildman–Crippen MR) is 72.4 cm³/mol. The smallest absolute Gasteiger partial charge is 0.270 e. The van der Waals surface area contributed by atoms with Crippen molar-refractivity contribution in [3.63, 3.8) is 0 Å². The normalized spacial score (nSPS) is 20.9. The third kappa shape index (κ3) is 2.51. The molecule has 2 rings (SSSR count). The molecule has 5 nitrogen and oxygen atoms in total. The third-order valence-electron chi connectivity index (χ3n) is 3.71. The number of carbonyl (C=O) groups is 1. The van der Waals surface area contributed by atoms with Crippen LogP contribution in [0.1, 0.15) is 23.3 Å². The fourth-order valence-electron chi connectivity index (χ4n) is 2.60. The summed E-state index contributed by atoms with van der Waals surface area (Å²) in [5.41, 5.74) is 7.01. The highest BCUT2D eigenvalue weighted by Crippen LogP contribution is 2.17. The Kier molecular flexibility index (Phi) is 3.61. The first-order valence-electron chi connectivity index (χ1n) is 6.36. The molecule has 0 saturated carbocycles. The number of hydrogen-bond donors (Lipinski definition) is 1. The maximum Gasteiger partial charge on any atom is 0.270 e. The van der Waals surface area contributed by atoms with Crippen molar-refractivity contribution in [1.29, 1.82) is 0 Å². The summed E-state index contributed by atoms with van der Waals surface area (Å²) < 4.78 is 1.79. The van der Waals surface area contributed by atoms with Crippen molar-refractivity contribution in [1.82, 2.24) is 14.4 Å². The van der Waals surface area contributed by atoms with Crippen molar-refractivity contribution >= 4 is 11.6 Å². The molecule has 0 radical (unpaired) electrons. The second-order valence-corrected chi connectivity index (χ2v) is 5.24. The van der Waals surface area contributed by atoms with Crippen molar-refractivity contribution in [2.75, 3.05) is 32.9 Å². The van der Waals surface area contributed by atoms with Gasteiger partial charge < -0.3 is 20.1 Å². The molecule has 0 aliphatic carbocycles. The summed E-state index contributed by atoms with van der Waals surface area (Å²) in [7, 11) is 5.84. The van der Waals surface area contributed by atoms with Gasteiger partial charge in [0.05, 0.1) is 5.69 Å². The summed E-state index contributed by atoms with van der Waals surface area (Å²) in [6.45, 7) is 2.07. The average molecular weight is 250 g/mol. The molecular weight excluding hydrogens is 228 g/mol. The van der Waals surface area contributed by atoms with E-state index in [1.165, 1.54) is 0 Å². The molecule has 1 amide bonds. The number of anilines is 1. The zero-order chi connectivity index (χ0) is 13.3. The van der Waals surface area contributed by atoms with Crippen molar-refractivity contribution in [2.24, 2.45) is 7.05 Å². The van der Waals surface area contributed by atoms with Crippen LogP contribution in [0.5, 0.6) is 0 Å². The first kappa shape index (κ1) is 13.0. The minimum atomic E-state index is 0.0505. The molecule has 2 heterocycles. The fraction of sp³-hybridized carbons (Fsp3) is 0.615. The Labute approximate surface area is 108 Å². The van der Waals surface area contributed by atoms with Crippen LogP contribution >= 0.6 is 0 Å². The summed E-state index contributed by atoms with van der Waals surface area (Å²) >= 11 is 0. The molecule has 18 heavy (non-hydrogen) atoms. The molecular formula is C13H22N4O. The Morgan fingerprint density at radius 1 is 1.50 bits per heavy atom. The van der Waals surface area contributed by atoms with Gasteiger partial charge in [-0.25, -0.2) is 0 Å². The van der Waals surface area contributed by atoms with Gasteiger partial charge in [0.15, 0.2) is 0 Å². The fourth-order valence-corrected chi connectivity index (χ4v) is 2.60. The molecule has 1 aromatic heterocycles. The predicted octanol–water partition coefficient (Wildman–Crippen LogP) is 0.773. The first-order chi connectivity index (χ1) is 8.49. The highest BCUT2D eigenvalue weighted by molar-refractivity contribution is 5.93. The van der Waals surface area contributed by atoms with Gasteiger partial charge in [-0.1, -0.05) is 0 Å². The van der Waals surface area contributed by atoms with Crippen molar-refractivity contribution < 1.29 is 4.79 Å². The lowest BCUT2D eigenvalue weighted by Gasteiger charge is -2.35. The molecule has 100 valence electrons. The molecule has 1 unspecified atom stereocenters. The van der Waals surface area contributed by atoms with Crippen LogP contribution in [0.4, 0.5) is 5.69 Å².